The molecule has 5 nitrogen and oxygen atoms in total. The number of benzene rings is 1. The van der Waals surface area contributed by atoms with Gasteiger partial charge in [0.1, 0.15) is 5.69 Å². The van der Waals surface area contributed by atoms with Gasteiger partial charge < -0.3 is 10.6 Å². The van der Waals surface area contributed by atoms with E-state index < -0.39 is 0 Å². The third kappa shape index (κ3) is 4.63. The summed E-state index contributed by atoms with van der Waals surface area (Å²) in [4.78, 5) is 28.3. The van der Waals surface area contributed by atoms with Crippen molar-refractivity contribution in [3.63, 3.8) is 0 Å². The first-order chi connectivity index (χ1) is 10.9. The molecule has 0 bridgehead atoms. The third-order valence-electron chi connectivity index (χ3n) is 3.05. The van der Waals surface area contributed by atoms with Crippen LogP contribution in [-0.2, 0) is 0 Å². The maximum absolute atomic E-state index is 12.4. The molecule has 2 aromatic rings. The Balaban J connectivity index is 2.18. The summed E-state index contributed by atoms with van der Waals surface area (Å²) in [5, 5.41) is 5.56. The zero-order valence-corrected chi connectivity index (χ0v) is 14.8. The molecule has 0 spiro atoms. The number of amides is 2. The van der Waals surface area contributed by atoms with Gasteiger partial charge in [0.15, 0.2) is 0 Å². The first-order valence-corrected chi connectivity index (χ1v) is 8.00. The second kappa shape index (κ2) is 7.37. The monoisotopic (exact) mass is 375 g/mol. The molecule has 0 atom stereocenters. The van der Waals surface area contributed by atoms with Crippen molar-refractivity contribution < 1.29 is 9.59 Å². The van der Waals surface area contributed by atoms with Crippen molar-refractivity contribution in [3.05, 3.63) is 57.8 Å². The molecule has 0 radical (unpaired) electrons. The number of carbonyl (C=O) groups is 2. The van der Waals surface area contributed by atoms with E-state index in [9.17, 15) is 9.59 Å². The number of hydrogen-bond acceptors (Lipinski definition) is 3. The number of halogens is 1. The van der Waals surface area contributed by atoms with Crippen LogP contribution in [0.15, 0.2) is 41.0 Å². The molecule has 120 valence electrons. The fourth-order valence-electron chi connectivity index (χ4n) is 1.95. The third-order valence-corrected chi connectivity index (χ3v) is 3.70. The van der Waals surface area contributed by atoms with E-state index in [1.54, 1.807) is 6.07 Å². The van der Waals surface area contributed by atoms with Crippen molar-refractivity contribution >= 4 is 33.4 Å². The molecule has 0 unspecified atom stereocenters. The summed E-state index contributed by atoms with van der Waals surface area (Å²) < 4.78 is 0.803. The van der Waals surface area contributed by atoms with E-state index >= 15 is 0 Å². The van der Waals surface area contributed by atoms with Crippen LogP contribution in [0.3, 0.4) is 0 Å². The van der Waals surface area contributed by atoms with Crippen molar-refractivity contribution in [1.29, 1.82) is 0 Å². The van der Waals surface area contributed by atoms with Gasteiger partial charge >= 0.3 is 0 Å². The van der Waals surface area contributed by atoms with Crippen LogP contribution in [0.4, 0.5) is 5.69 Å². The highest BCUT2D eigenvalue weighted by atomic mass is 79.9. The van der Waals surface area contributed by atoms with E-state index in [0.717, 1.165) is 10.0 Å². The molecule has 0 saturated heterocycles. The first kappa shape index (κ1) is 17.1. The summed E-state index contributed by atoms with van der Waals surface area (Å²) in [5.41, 5.74) is 2.35. The Kier molecular flexibility index (Phi) is 5.50. The van der Waals surface area contributed by atoms with Crippen LogP contribution in [0.25, 0.3) is 0 Å². The second-order valence-electron chi connectivity index (χ2n) is 5.50. The van der Waals surface area contributed by atoms with E-state index in [0.29, 0.717) is 11.3 Å². The Bertz CT molecular complexity index is 744. The molecular weight excluding hydrogens is 358 g/mol. The predicted molar refractivity (Wildman–Crippen MR) is 93.7 cm³/mol. The molecule has 2 rings (SSSR count). The molecule has 0 aliphatic heterocycles. The van der Waals surface area contributed by atoms with Gasteiger partial charge in [0, 0.05) is 22.3 Å². The number of anilines is 1. The number of aromatic nitrogens is 1. The molecule has 1 aromatic heterocycles. The molecule has 0 aliphatic carbocycles. The van der Waals surface area contributed by atoms with E-state index in [1.165, 1.54) is 12.3 Å². The van der Waals surface area contributed by atoms with Crippen LogP contribution in [0.2, 0.25) is 0 Å². The summed E-state index contributed by atoms with van der Waals surface area (Å²) in [6, 6.07) is 8.71. The van der Waals surface area contributed by atoms with Gasteiger partial charge in [-0.3, -0.25) is 14.6 Å². The molecule has 0 saturated carbocycles. The smallest absolute Gasteiger partial charge is 0.270 e. The lowest BCUT2D eigenvalue weighted by Crippen LogP contribution is -2.31. The first-order valence-electron chi connectivity index (χ1n) is 7.21. The minimum Gasteiger partial charge on any atom is -0.349 e. The number of aryl methyl sites for hydroxylation is 1. The predicted octanol–water partition coefficient (Wildman–Crippen LogP) is 3.54. The SMILES string of the molecule is Cc1ccc(NC(=O)c2ccnc(C(=O)NC(C)C)c2)c(Br)c1. The number of nitrogens with one attached hydrogen (secondary N) is 2. The number of carbonyl (C=O) groups excluding carboxylic acids is 2. The lowest BCUT2D eigenvalue weighted by molar-refractivity contribution is 0.0938. The Morgan fingerprint density at radius 2 is 1.87 bits per heavy atom. The topological polar surface area (TPSA) is 71.1 Å². The number of nitrogens with zero attached hydrogens (tertiary/aromatic N) is 1. The van der Waals surface area contributed by atoms with Crippen LogP contribution >= 0.6 is 15.9 Å². The lowest BCUT2D eigenvalue weighted by atomic mass is 10.2. The Hall–Kier alpha value is -2.21. The molecule has 2 N–H and O–H groups in total. The Morgan fingerprint density at radius 1 is 1.13 bits per heavy atom. The van der Waals surface area contributed by atoms with E-state index in [-0.39, 0.29) is 23.6 Å². The summed E-state index contributed by atoms with van der Waals surface area (Å²) >= 11 is 3.42. The molecule has 0 aliphatic rings. The highest BCUT2D eigenvalue weighted by Crippen LogP contribution is 2.23. The average Bonchev–Trinajstić information content (AvgIpc) is 2.49. The van der Waals surface area contributed by atoms with Crippen LogP contribution < -0.4 is 10.6 Å². The molecule has 1 aromatic carbocycles. The van der Waals surface area contributed by atoms with Crippen LogP contribution in [-0.4, -0.2) is 22.8 Å². The van der Waals surface area contributed by atoms with Gasteiger partial charge in [0.05, 0.1) is 5.69 Å². The molecule has 0 fully saturated rings. The van der Waals surface area contributed by atoms with Crippen LogP contribution in [0, 0.1) is 6.92 Å². The molecule has 6 heteroatoms. The fraction of sp³-hybridized carbons (Fsp3) is 0.235. The quantitative estimate of drug-likeness (QED) is 0.858. The zero-order valence-electron chi connectivity index (χ0n) is 13.2. The normalized spacial score (nSPS) is 10.5. The van der Waals surface area contributed by atoms with Crippen molar-refractivity contribution in [2.45, 2.75) is 26.8 Å². The van der Waals surface area contributed by atoms with Crippen LogP contribution in [0.1, 0.15) is 40.3 Å². The summed E-state index contributed by atoms with van der Waals surface area (Å²) in [6.07, 6.45) is 1.45. The maximum atomic E-state index is 12.4. The Morgan fingerprint density at radius 3 is 2.52 bits per heavy atom. The van der Waals surface area contributed by atoms with Gasteiger partial charge in [-0.05, 0) is 66.5 Å². The van der Waals surface area contributed by atoms with Gasteiger partial charge in [-0.1, -0.05) is 6.07 Å². The largest absolute Gasteiger partial charge is 0.349 e. The van der Waals surface area contributed by atoms with E-state index in [2.05, 4.69) is 31.5 Å². The standard InChI is InChI=1S/C17H18BrN3O2/c1-10(2)20-17(23)15-9-12(6-7-19-15)16(22)21-14-5-4-11(3)8-13(14)18/h4-10H,1-3H3,(H,20,23)(H,21,22). The van der Waals surface area contributed by atoms with E-state index in [4.69, 9.17) is 0 Å². The van der Waals surface area contributed by atoms with Crippen molar-refractivity contribution in [1.82, 2.24) is 10.3 Å². The second-order valence-corrected chi connectivity index (χ2v) is 6.35. The molecule has 2 amide bonds. The van der Waals surface area contributed by atoms with Crippen molar-refractivity contribution in [3.8, 4) is 0 Å². The van der Waals surface area contributed by atoms with Crippen molar-refractivity contribution in [2.75, 3.05) is 5.32 Å². The lowest BCUT2D eigenvalue weighted by Gasteiger charge is -2.10. The minimum absolute atomic E-state index is 0.00490. The number of hydrogen-bond donors (Lipinski definition) is 2. The zero-order chi connectivity index (χ0) is 17.0. The highest BCUT2D eigenvalue weighted by Gasteiger charge is 2.13. The summed E-state index contributed by atoms with van der Waals surface area (Å²) in [6.45, 7) is 5.70. The molecule has 1 heterocycles. The number of pyridine rings is 1. The fourth-order valence-corrected chi connectivity index (χ4v) is 2.54. The highest BCUT2D eigenvalue weighted by molar-refractivity contribution is 9.10. The Labute approximate surface area is 143 Å². The van der Waals surface area contributed by atoms with E-state index in [1.807, 2.05) is 39.0 Å². The van der Waals surface area contributed by atoms with Gasteiger partial charge in [0.25, 0.3) is 11.8 Å². The number of rotatable bonds is 4. The van der Waals surface area contributed by atoms with Crippen LogP contribution in [0.5, 0.6) is 0 Å². The van der Waals surface area contributed by atoms with Gasteiger partial charge in [0.2, 0.25) is 0 Å². The molecule has 23 heavy (non-hydrogen) atoms. The van der Waals surface area contributed by atoms with Gasteiger partial charge in [-0.15, -0.1) is 0 Å². The van der Waals surface area contributed by atoms with Gasteiger partial charge in [-0.2, -0.15) is 0 Å². The van der Waals surface area contributed by atoms with Gasteiger partial charge in [-0.25, -0.2) is 0 Å². The summed E-state index contributed by atoms with van der Waals surface area (Å²) in [5.74, 6) is -0.596. The summed E-state index contributed by atoms with van der Waals surface area (Å²) in [7, 11) is 0. The maximum Gasteiger partial charge on any atom is 0.270 e. The average molecular weight is 376 g/mol. The minimum atomic E-state index is -0.300. The van der Waals surface area contributed by atoms with Crippen molar-refractivity contribution in [2.24, 2.45) is 0 Å². The molecular formula is C17H18BrN3O2.